The molecule has 0 heterocycles. The summed E-state index contributed by atoms with van der Waals surface area (Å²) in [5.41, 5.74) is 6.64. The zero-order chi connectivity index (χ0) is 13.0. The lowest BCUT2D eigenvalue weighted by atomic mass is 9.58. The monoisotopic (exact) mass is 230 g/mol. The average Bonchev–Trinajstić information content (AvgIpc) is 2.18. The molecule has 0 saturated heterocycles. The molecule has 0 nitrogen and oxygen atoms in total. The first-order valence-corrected chi connectivity index (χ1v) is 6.78. The second-order valence-corrected chi connectivity index (χ2v) is 7.19. The number of hydrogen-bond acceptors (Lipinski definition) is 0. The molecule has 1 unspecified atom stereocenters. The van der Waals surface area contributed by atoms with Crippen LogP contribution in [0.4, 0.5) is 0 Å². The zero-order valence-corrected chi connectivity index (χ0v) is 12.4. The lowest BCUT2D eigenvalue weighted by Crippen LogP contribution is -2.40. The number of hydrogen-bond donors (Lipinski definition) is 0. The fourth-order valence-electron chi connectivity index (χ4n) is 3.31. The van der Waals surface area contributed by atoms with Crippen LogP contribution in [-0.2, 0) is 10.8 Å². The molecule has 0 spiro atoms. The second-order valence-electron chi connectivity index (χ2n) is 7.19. The van der Waals surface area contributed by atoms with E-state index in [-0.39, 0.29) is 0 Å². The third-order valence-corrected chi connectivity index (χ3v) is 5.11. The first-order valence-electron chi connectivity index (χ1n) is 6.78. The van der Waals surface area contributed by atoms with Gasteiger partial charge in [-0.2, -0.15) is 0 Å². The number of benzene rings is 1. The molecule has 94 valence electrons. The Hall–Kier alpha value is -0.780. The van der Waals surface area contributed by atoms with Crippen LogP contribution in [0, 0.1) is 19.8 Å². The Bertz CT molecular complexity index is 449. The highest BCUT2D eigenvalue weighted by molar-refractivity contribution is 5.47. The molecule has 0 aliphatic heterocycles. The molecule has 1 aliphatic carbocycles. The summed E-state index contributed by atoms with van der Waals surface area (Å²) in [7, 11) is 0. The summed E-state index contributed by atoms with van der Waals surface area (Å²) >= 11 is 0. The van der Waals surface area contributed by atoms with E-state index >= 15 is 0 Å². The van der Waals surface area contributed by atoms with Crippen LogP contribution in [0.3, 0.4) is 0 Å². The summed E-state index contributed by atoms with van der Waals surface area (Å²) < 4.78 is 0. The Kier molecular flexibility index (Phi) is 2.69. The summed E-state index contributed by atoms with van der Waals surface area (Å²) in [6.45, 7) is 16.5. The van der Waals surface area contributed by atoms with E-state index in [1.165, 1.54) is 17.5 Å². The van der Waals surface area contributed by atoms with Crippen LogP contribution in [0.25, 0.3) is 0 Å². The van der Waals surface area contributed by atoms with Gasteiger partial charge in [0.15, 0.2) is 0 Å². The van der Waals surface area contributed by atoms with Gasteiger partial charge in [0.1, 0.15) is 0 Å². The molecule has 1 aromatic rings. The fraction of sp³-hybridized carbons (Fsp3) is 0.647. The molecule has 0 bridgehead atoms. The van der Waals surface area contributed by atoms with Gasteiger partial charge in [-0.3, -0.25) is 0 Å². The van der Waals surface area contributed by atoms with E-state index in [1.807, 2.05) is 0 Å². The summed E-state index contributed by atoms with van der Waals surface area (Å²) in [6, 6.07) is 4.86. The van der Waals surface area contributed by atoms with Crippen LogP contribution in [0.15, 0.2) is 12.1 Å². The van der Waals surface area contributed by atoms with Gasteiger partial charge in [0.25, 0.3) is 0 Å². The first-order chi connectivity index (χ1) is 7.66. The molecule has 0 saturated carbocycles. The number of fused-ring (bicyclic) bond motifs is 1. The largest absolute Gasteiger partial charge is 0.0616 e. The van der Waals surface area contributed by atoms with Gasteiger partial charge in [-0.25, -0.2) is 0 Å². The molecule has 0 N–H and O–H groups in total. The number of aryl methyl sites for hydroxylation is 2. The van der Waals surface area contributed by atoms with Crippen molar-refractivity contribution in [3.05, 3.63) is 34.4 Å². The minimum atomic E-state index is 0.309. The Morgan fingerprint density at radius 2 is 1.41 bits per heavy atom. The molecule has 0 amide bonds. The summed E-state index contributed by atoms with van der Waals surface area (Å²) in [4.78, 5) is 0. The van der Waals surface area contributed by atoms with Crippen LogP contribution < -0.4 is 0 Å². The minimum absolute atomic E-state index is 0.309. The summed E-state index contributed by atoms with van der Waals surface area (Å²) in [6.07, 6.45) is 1.29. The zero-order valence-electron chi connectivity index (χ0n) is 12.4. The van der Waals surface area contributed by atoms with E-state index in [9.17, 15) is 0 Å². The Morgan fingerprint density at radius 1 is 0.941 bits per heavy atom. The van der Waals surface area contributed by atoms with Gasteiger partial charge in [0.2, 0.25) is 0 Å². The SMILES string of the molecule is Cc1cc2c(cc1C)C(C)(C)C(C)CC2(C)C. The second kappa shape index (κ2) is 3.60. The molecular formula is C17H26. The molecule has 0 radical (unpaired) electrons. The highest BCUT2D eigenvalue weighted by Gasteiger charge is 2.41. The molecule has 1 atom stereocenters. The molecule has 0 fully saturated rings. The highest BCUT2D eigenvalue weighted by atomic mass is 14.5. The highest BCUT2D eigenvalue weighted by Crippen LogP contribution is 2.49. The van der Waals surface area contributed by atoms with Crippen molar-refractivity contribution < 1.29 is 0 Å². The van der Waals surface area contributed by atoms with Gasteiger partial charge in [-0.1, -0.05) is 46.8 Å². The van der Waals surface area contributed by atoms with Crippen LogP contribution in [0.1, 0.15) is 63.3 Å². The van der Waals surface area contributed by atoms with Crippen LogP contribution in [-0.4, -0.2) is 0 Å². The third kappa shape index (κ3) is 1.82. The van der Waals surface area contributed by atoms with Crippen molar-refractivity contribution in [3.63, 3.8) is 0 Å². The normalized spacial score (nSPS) is 25.5. The topological polar surface area (TPSA) is 0 Å². The smallest absolute Gasteiger partial charge is 0.00746 e. The van der Waals surface area contributed by atoms with E-state index in [0.29, 0.717) is 10.8 Å². The number of rotatable bonds is 0. The summed E-state index contributed by atoms with van der Waals surface area (Å²) in [5.74, 6) is 0.743. The van der Waals surface area contributed by atoms with E-state index in [0.717, 1.165) is 5.92 Å². The van der Waals surface area contributed by atoms with E-state index in [1.54, 1.807) is 11.1 Å². The Labute approximate surface area is 106 Å². The van der Waals surface area contributed by atoms with Crippen molar-refractivity contribution in [2.24, 2.45) is 5.92 Å². The maximum atomic E-state index is 2.43. The van der Waals surface area contributed by atoms with Crippen LogP contribution in [0.2, 0.25) is 0 Å². The van der Waals surface area contributed by atoms with Gasteiger partial charge >= 0.3 is 0 Å². The molecule has 2 rings (SSSR count). The average molecular weight is 230 g/mol. The van der Waals surface area contributed by atoms with Crippen molar-refractivity contribution in [3.8, 4) is 0 Å². The van der Waals surface area contributed by atoms with E-state index in [4.69, 9.17) is 0 Å². The molecule has 0 aromatic heterocycles. The Balaban J connectivity index is 2.73. The van der Waals surface area contributed by atoms with Gasteiger partial charge in [-0.05, 0) is 59.3 Å². The molecule has 1 aromatic carbocycles. The third-order valence-electron chi connectivity index (χ3n) is 5.11. The fourth-order valence-corrected chi connectivity index (χ4v) is 3.31. The minimum Gasteiger partial charge on any atom is -0.0616 e. The van der Waals surface area contributed by atoms with Gasteiger partial charge in [-0.15, -0.1) is 0 Å². The van der Waals surface area contributed by atoms with Crippen molar-refractivity contribution in [2.45, 2.75) is 65.7 Å². The predicted molar refractivity (Wildman–Crippen MR) is 75.7 cm³/mol. The lowest BCUT2D eigenvalue weighted by molar-refractivity contribution is 0.233. The first kappa shape index (κ1) is 12.7. The standard InChI is InChI=1S/C17H26/c1-11-8-14-15(9-12(11)2)17(6,7)13(3)10-16(14,4)5/h8-9,13H,10H2,1-7H3. The van der Waals surface area contributed by atoms with Crippen LogP contribution >= 0.6 is 0 Å². The maximum absolute atomic E-state index is 2.43. The predicted octanol–water partition coefficient (Wildman–Crippen LogP) is 4.90. The van der Waals surface area contributed by atoms with Crippen molar-refractivity contribution >= 4 is 0 Å². The van der Waals surface area contributed by atoms with Gasteiger partial charge in [0, 0.05) is 0 Å². The van der Waals surface area contributed by atoms with Gasteiger partial charge < -0.3 is 0 Å². The van der Waals surface area contributed by atoms with E-state index < -0.39 is 0 Å². The van der Waals surface area contributed by atoms with Gasteiger partial charge in [0.05, 0.1) is 0 Å². The maximum Gasteiger partial charge on any atom is -0.00746 e. The lowest BCUT2D eigenvalue weighted by Gasteiger charge is -2.47. The molecule has 0 heteroatoms. The Morgan fingerprint density at radius 3 is 1.94 bits per heavy atom. The molecule has 1 aliphatic rings. The molecule has 17 heavy (non-hydrogen) atoms. The quantitative estimate of drug-likeness (QED) is 0.595. The van der Waals surface area contributed by atoms with Crippen molar-refractivity contribution in [1.82, 2.24) is 0 Å². The van der Waals surface area contributed by atoms with Crippen molar-refractivity contribution in [1.29, 1.82) is 0 Å². The van der Waals surface area contributed by atoms with Crippen molar-refractivity contribution in [2.75, 3.05) is 0 Å². The molecular weight excluding hydrogens is 204 g/mol. The summed E-state index contributed by atoms with van der Waals surface area (Å²) in [5, 5.41) is 0. The van der Waals surface area contributed by atoms with Crippen LogP contribution in [0.5, 0.6) is 0 Å². The van der Waals surface area contributed by atoms with E-state index in [2.05, 4.69) is 60.6 Å².